The van der Waals surface area contributed by atoms with E-state index in [9.17, 15) is 70.2 Å². The van der Waals surface area contributed by atoms with E-state index in [2.05, 4.69) is 5.32 Å². The van der Waals surface area contributed by atoms with Gasteiger partial charge in [-0.1, -0.05) is 0 Å². The summed E-state index contributed by atoms with van der Waals surface area (Å²) >= 11 is 0. The molecule has 11 N–H and O–H groups in total. The average Bonchev–Trinajstić information content (AvgIpc) is 3.50. The highest BCUT2D eigenvalue weighted by atomic mass is 16.8. The van der Waals surface area contributed by atoms with Crippen LogP contribution in [0.15, 0.2) is 0 Å². The van der Waals surface area contributed by atoms with E-state index in [4.69, 9.17) is 33.3 Å². The normalized spacial score (nSPS) is 42.7. The Kier molecular flexibility index (Phi) is 15.3. The number of amides is 3. The van der Waals surface area contributed by atoms with Crippen LogP contribution in [0.5, 0.6) is 0 Å². The molecule has 23 heteroatoms. The summed E-state index contributed by atoms with van der Waals surface area (Å²) in [6, 6.07) is 0. The van der Waals surface area contributed by atoms with Crippen LogP contribution in [0.2, 0.25) is 0 Å². The van der Waals surface area contributed by atoms with Gasteiger partial charge in [-0.05, 0) is 25.7 Å². The molecule has 3 amide bonds. The quantitative estimate of drug-likeness (QED) is 0.0574. The monoisotopic (exact) mass is 798 g/mol. The smallest absolute Gasteiger partial charge is 0.336 e. The standard InChI is InChI=1S/C32H50N2O21/c35-9-14-19(39)22(42)24(44)30(51-14)50-11-16-21(41)27(54-32-25(45)23(43)20(40)15(10-36)52-32)26(46)31(53-16)49-8-7-33-28(47)12-1-3-13(4-2-12)29(48)55-34-17(37)5-6-18(34)38/h12-16,19-27,30-32,35-36,39-46H,1-11H2,(H,33,47)/t12?,13?,14-,15-,16-,19-,20-,21-,22+,23+,24+,25+,26+,27+,30+,31+,32-/m1/s1. The van der Waals surface area contributed by atoms with E-state index >= 15 is 0 Å². The van der Waals surface area contributed by atoms with Crippen molar-refractivity contribution in [2.75, 3.05) is 33.0 Å². The van der Waals surface area contributed by atoms with E-state index in [1.807, 2.05) is 0 Å². The molecule has 0 radical (unpaired) electrons. The number of aliphatic hydroxyl groups is 10. The van der Waals surface area contributed by atoms with Crippen LogP contribution < -0.4 is 5.32 Å². The lowest BCUT2D eigenvalue weighted by molar-refractivity contribution is -0.366. The summed E-state index contributed by atoms with van der Waals surface area (Å²) in [5.74, 6) is -3.36. The fraction of sp³-hybridized carbons (Fsp3) is 0.875. The number of imide groups is 1. The number of aliphatic hydroxyl groups excluding tert-OH is 10. The van der Waals surface area contributed by atoms with Crippen LogP contribution in [0.25, 0.3) is 0 Å². The molecule has 55 heavy (non-hydrogen) atoms. The first kappa shape index (κ1) is 43.6. The summed E-state index contributed by atoms with van der Waals surface area (Å²) in [5, 5.41) is 106. The zero-order valence-corrected chi connectivity index (χ0v) is 29.5. The van der Waals surface area contributed by atoms with Gasteiger partial charge in [-0.15, -0.1) is 5.06 Å². The molecular weight excluding hydrogens is 748 g/mol. The van der Waals surface area contributed by atoms with Crippen molar-refractivity contribution in [3.8, 4) is 0 Å². The molecule has 15 atom stereocenters. The van der Waals surface area contributed by atoms with E-state index in [0.717, 1.165) is 0 Å². The summed E-state index contributed by atoms with van der Waals surface area (Å²) < 4.78 is 33.2. The van der Waals surface area contributed by atoms with Gasteiger partial charge < -0.3 is 89.6 Å². The maximum absolute atomic E-state index is 12.9. The molecule has 1 saturated carbocycles. The van der Waals surface area contributed by atoms with Gasteiger partial charge in [-0.2, -0.15) is 0 Å². The van der Waals surface area contributed by atoms with Crippen molar-refractivity contribution in [2.24, 2.45) is 11.8 Å². The van der Waals surface area contributed by atoms with Crippen LogP contribution in [-0.4, -0.2) is 205 Å². The fourth-order valence-electron chi connectivity index (χ4n) is 6.98. The Labute approximate surface area is 313 Å². The number of carbonyl (C=O) groups is 4. The van der Waals surface area contributed by atoms with Gasteiger partial charge in [0.05, 0.1) is 32.3 Å². The third kappa shape index (κ3) is 9.95. The van der Waals surface area contributed by atoms with E-state index in [1.54, 1.807) is 0 Å². The third-order valence-electron chi connectivity index (χ3n) is 10.4. The Balaban J connectivity index is 1.16. The highest BCUT2D eigenvalue weighted by Gasteiger charge is 2.52. The minimum absolute atomic E-state index is 0.0342. The number of rotatable bonds is 14. The number of hydroxylamine groups is 2. The van der Waals surface area contributed by atoms with Gasteiger partial charge in [-0.3, -0.25) is 14.4 Å². The second kappa shape index (κ2) is 19.3. The highest BCUT2D eigenvalue weighted by molar-refractivity contribution is 6.01. The number of hydrogen-bond donors (Lipinski definition) is 11. The zero-order chi connectivity index (χ0) is 40.1. The van der Waals surface area contributed by atoms with Crippen LogP contribution in [0.3, 0.4) is 0 Å². The van der Waals surface area contributed by atoms with Crippen LogP contribution >= 0.6 is 0 Å². The molecule has 0 unspecified atom stereocenters. The second-order valence-corrected chi connectivity index (χ2v) is 14.1. The van der Waals surface area contributed by atoms with Gasteiger partial charge >= 0.3 is 5.97 Å². The number of carbonyl (C=O) groups excluding carboxylic acids is 4. The SMILES string of the molecule is O=C(NCCO[C@H]1O[C@H](CO[C@H]2O[C@H](CO)[C@@H](O)[C@H](O)[C@@H]2O)[C@@H](O)[C@H](O[C@H]2O[C@H](CO)[C@@H](O)[C@H](O)[C@@H]2O)[C@@H]1O)C1CCC(C(=O)ON2C(=O)CCC2=O)CC1. The first-order valence-corrected chi connectivity index (χ1v) is 18.0. The minimum Gasteiger partial charge on any atom is -0.394 e. The number of nitrogens with one attached hydrogen (secondary N) is 1. The molecule has 0 spiro atoms. The summed E-state index contributed by atoms with van der Waals surface area (Å²) in [4.78, 5) is 53.9. The van der Waals surface area contributed by atoms with Crippen molar-refractivity contribution in [3.63, 3.8) is 0 Å². The van der Waals surface area contributed by atoms with Gasteiger partial charge in [0, 0.05) is 25.3 Å². The van der Waals surface area contributed by atoms with Crippen molar-refractivity contribution < 1.29 is 104 Å². The molecular formula is C32H50N2O21. The molecule has 4 saturated heterocycles. The Morgan fingerprint density at radius 3 is 1.73 bits per heavy atom. The lowest BCUT2D eigenvalue weighted by atomic mass is 9.81. The molecule has 4 heterocycles. The molecule has 1 aliphatic carbocycles. The van der Waals surface area contributed by atoms with Crippen molar-refractivity contribution in [1.82, 2.24) is 10.4 Å². The van der Waals surface area contributed by atoms with Crippen molar-refractivity contribution in [2.45, 2.75) is 131 Å². The zero-order valence-electron chi connectivity index (χ0n) is 29.5. The van der Waals surface area contributed by atoms with Gasteiger partial charge in [-0.25, -0.2) is 4.79 Å². The first-order chi connectivity index (χ1) is 26.2. The maximum Gasteiger partial charge on any atom is 0.336 e. The van der Waals surface area contributed by atoms with E-state index in [0.29, 0.717) is 17.9 Å². The molecule has 4 aliphatic heterocycles. The molecule has 5 aliphatic rings. The summed E-state index contributed by atoms with van der Waals surface area (Å²) in [6.45, 7) is -2.59. The van der Waals surface area contributed by atoms with Crippen LogP contribution in [0.4, 0.5) is 0 Å². The van der Waals surface area contributed by atoms with Gasteiger partial charge in [0.15, 0.2) is 18.9 Å². The average molecular weight is 799 g/mol. The number of ether oxygens (including phenoxy) is 6. The summed E-state index contributed by atoms with van der Waals surface area (Å²) in [6.07, 6.45) is -24.4. The molecule has 0 bridgehead atoms. The molecule has 5 fully saturated rings. The van der Waals surface area contributed by atoms with E-state index in [-0.39, 0.29) is 44.7 Å². The van der Waals surface area contributed by atoms with E-state index < -0.39 is 142 Å². The van der Waals surface area contributed by atoms with Crippen molar-refractivity contribution in [3.05, 3.63) is 0 Å². The second-order valence-electron chi connectivity index (χ2n) is 14.1. The van der Waals surface area contributed by atoms with Gasteiger partial charge in [0.1, 0.15) is 73.2 Å². The van der Waals surface area contributed by atoms with Crippen molar-refractivity contribution in [1.29, 1.82) is 0 Å². The summed E-state index contributed by atoms with van der Waals surface area (Å²) in [5.41, 5.74) is 0. The predicted molar refractivity (Wildman–Crippen MR) is 171 cm³/mol. The highest BCUT2D eigenvalue weighted by Crippen LogP contribution is 2.32. The topological polar surface area (TPSA) is 350 Å². The molecule has 0 aromatic rings. The predicted octanol–water partition coefficient (Wildman–Crippen LogP) is -7.02. The first-order valence-electron chi connectivity index (χ1n) is 18.0. The van der Waals surface area contributed by atoms with Crippen LogP contribution in [0, 0.1) is 11.8 Å². The Morgan fingerprint density at radius 1 is 0.636 bits per heavy atom. The largest absolute Gasteiger partial charge is 0.394 e. The third-order valence-corrected chi connectivity index (χ3v) is 10.4. The summed E-state index contributed by atoms with van der Waals surface area (Å²) in [7, 11) is 0. The molecule has 0 aromatic carbocycles. The molecule has 23 nitrogen and oxygen atoms in total. The van der Waals surface area contributed by atoms with Gasteiger partial charge in [0.25, 0.3) is 11.8 Å². The Hall–Kier alpha value is -2.56. The lowest BCUT2D eigenvalue weighted by Crippen LogP contribution is -2.65. The fourth-order valence-corrected chi connectivity index (χ4v) is 6.98. The van der Waals surface area contributed by atoms with Crippen LogP contribution in [-0.2, 0) is 52.4 Å². The maximum atomic E-state index is 12.9. The number of hydrogen-bond acceptors (Lipinski definition) is 21. The lowest BCUT2D eigenvalue weighted by Gasteiger charge is -2.46. The molecule has 5 rings (SSSR count). The molecule has 314 valence electrons. The van der Waals surface area contributed by atoms with E-state index in [1.165, 1.54) is 0 Å². The number of nitrogens with zero attached hydrogens (tertiary/aromatic N) is 1. The Morgan fingerprint density at radius 2 is 1.15 bits per heavy atom. The molecule has 0 aromatic heterocycles. The van der Waals surface area contributed by atoms with Crippen LogP contribution in [0.1, 0.15) is 38.5 Å². The minimum atomic E-state index is -1.92. The van der Waals surface area contributed by atoms with Gasteiger partial charge in [0.2, 0.25) is 5.91 Å². The Bertz CT molecular complexity index is 1300. The van der Waals surface area contributed by atoms with Crippen molar-refractivity contribution >= 4 is 23.7 Å².